The molecule has 0 aromatic heterocycles. The Morgan fingerprint density at radius 2 is 1.15 bits per heavy atom. The number of likely N-dealkylation sites (N-methyl/N-ethyl adjacent to an activating group) is 1. The Bertz CT molecular complexity index is 480. The van der Waals surface area contributed by atoms with Crippen LogP contribution in [0.2, 0.25) is 0 Å². The van der Waals surface area contributed by atoms with Crippen LogP contribution in [0.25, 0.3) is 0 Å². The Morgan fingerprint density at radius 1 is 0.800 bits per heavy atom. The summed E-state index contributed by atoms with van der Waals surface area (Å²) in [5, 5.41) is 11.3. The maximum absolute atomic E-state index is 11.3. The van der Waals surface area contributed by atoms with Crippen molar-refractivity contribution in [1.29, 1.82) is 0 Å². The van der Waals surface area contributed by atoms with Crippen LogP contribution in [0.5, 0.6) is 0 Å². The zero-order valence-electron chi connectivity index (χ0n) is 12.3. The first-order valence-corrected chi connectivity index (χ1v) is 6.56. The van der Waals surface area contributed by atoms with E-state index in [1.54, 1.807) is 0 Å². The first-order chi connectivity index (χ1) is 8.92. The summed E-state index contributed by atoms with van der Waals surface area (Å²) in [4.78, 5) is 0. The van der Waals surface area contributed by atoms with E-state index in [2.05, 4.69) is 21.1 Å². The predicted molar refractivity (Wildman–Crippen MR) is 78.8 cm³/mol. The predicted octanol–water partition coefficient (Wildman–Crippen LogP) is -0.367. The van der Waals surface area contributed by atoms with Crippen LogP contribution >= 0.6 is 0 Å². The van der Waals surface area contributed by atoms with Gasteiger partial charge in [0.2, 0.25) is 0 Å². The lowest BCUT2D eigenvalue weighted by molar-refractivity contribution is -0.877. The highest BCUT2D eigenvalue weighted by atomic mass is 79.9. The van der Waals surface area contributed by atoms with Gasteiger partial charge < -0.3 is 26.6 Å². The lowest BCUT2D eigenvalue weighted by atomic mass is 9.85. The van der Waals surface area contributed by atoms with Crippen LogP contribution < -0.4 is 17.0 Å². The fourth-order valence-corrected chi connectivity index (χ4v) is 2.46. The third-order valence-corrected chi connectivity index (χ3v) is 3.21. The van der Waals surface area contributed by atoms with Crippen molar-refractivity contribution in [2.75, 3.05) is 27.7 Å². The van der Waals surface area contributed by atoms with E-state index in [1.165, 1.54) is 0 Å². The van der Waals surface area contributed by atoms with E-state index >= 15 is 0 Å². The molecule has 0 heterocycles. The molecule has 3 heteroatoms. The molecule has 2 nitrogen and oxygen atoms in total. The molecular formula is C17H22BrNO. The van der Waals surface area contributed by atoms with E-state index in [0.717, 1.165) is 11.1 Å². The largest absolute Gasteiger partial charge is 1.00 e. The van der Waals surface area contributed by atoms with Gasteiger partial charge in [-0.05, 0) is 11.1 Å². The number of rotatable bonds is 4. The molecule has 0 spiro atoms. The highest BCUT2D eigenvalue weighted by Crippen LogP contribution is 2.31. The molecule has 0 aliphatic rings. The SMILES string of the molecule is C[N+](C)(C)CC(O)(c1ccccc1)c1ccccc1.[Br-]. The molecule has 0 atom stereocenters. The maximum Gasteiger partial charge on any atom is 0.163 e. The van der Waals surface area contributed by atoms with Crippen LogP contribution in [0.1, 0.15) is 11.1 Å². The van der Waals surface area contributed by atoms with Gasteiger partial charge in [0.05, 0.1) is 21.1 Å². The number of benzene rings is 2. The smallest absolute Gasteiger partial charge is 0.163 e. The molecule has 1 N–H and O–H groups in total. The van der Waals surface area contributed by atoms with Gasteiger partial charge in [-0.1, -0.05) is 60.7 Å². The minimum atomic E-state index is -0.958. The van der Waals surface area contributed by atoms with E-state index in [1.807, 2.05) is 60.7 Å². The topological polar surface area (TPSA) is 20.2 Å². The van der Waals surface area contributed by atoms with Gasteiger partial charge in [-0.25, -0.2) is 0 Å². The fourth-order valence-electron chi connectivity index (χ4n) is 2.46. The number of halogens is 1. The van der Waals surface area contributed by atoms with E-state index in [0.29, 0.717) is 11.0 Å². The molecule has 0 fully saturated rings. The van der Waals surface area contributed by atoms with Crippen molar-refractivity contribution < 1.29 is 26.6 Å². The second-order valence-corrected chi connectivity index (χ2v) is 6.04. The monoisotopic (exact) mass is 335 g/mol. The Morgan fingerprint density at radius 3 is 1.45 bits per heavy atom. The number of aliphatic hydroxyl groups is 1. The zero-order valence-corrected chi connectivity index (χ0v) is 13.8. The second-order valence-electron chi connectivity index (χ2n) is 6.04. The minimum absolute atomic E-state index is 0. The first-order valence-electron chi connectivity index (χ1n) is 6.56. The molecule has 20 heavy (non-hydrogen) atoms. The van der Waals surface area contributed by atoms with Gasteiger partial charge in [-0.15, -0.1) is 0 Å². The van der Waals surface area contributed by atoms with Crippen LogP contribution in [0, 0.1) is 0 Å². The lowest BCUT2D eigenvalue weighted by Gasteiger charge is -2.36. The first kappa shape index (κ1) is 16.9. The van der Waals surface area contributed by atoms with Gasteiger partial charge in [-0.2, -0.15) is 0 Å². The number of hydrogen-bond donors (Lipinski definition) is 1. The van der Waals surface area contributed by atoms with Crippen LogP contribution in [0.4, 0.5) is 0 Å². The number of hydrogen-bond acceptors (Lipinski definition) is 1. The van der Waals surface area contributed by atoms with Gasteiger partial charge >= 0.3 is 0 Å². The maximum atomic E-state index is 11.3. The summed E-state index contributed by atoms with van der Waals surface area (Å²) in [5.41, 5.74) is 0.921. The summed E-state index contributed by atoms with van der Waals surface area (Å²) in [7, 11) is 6.28. The van der Waals surface area contributed by atoms with E-state index < -0.39 is 5.60 Å². The Hall–Kier alpha value is -1.16. The Balaban J connectivity index is 0.00000200. The zero-order chi connectivity index (χ0) is 13.9. The molecular weight excluding hydrogens is 314 g/mol. The molecule has 2 rings (SSSR count). The van der Waals surface area contributed by atoms with Gasteiger partial charge in [0.1, 0.15) is 6.54 Å². The van der Waals surface area contributed by atoms with Crippen molar-refractivity contribution in [3.8, 4) is 0 Å². The highest BCUT2D eigenvalue weighted by molar-refractivity contribution is 5.35. The van der Waals surface area contributed by atoms with Crippen molar-refractivity contribution >= 4 is 0 Å². The van der Waals surface area contributed by atoms with Crippen LogP contribution in [-0.4, -0.2) is 37.3 Å². The molecule has 0 saturated carbocycles. The van der Waals surface area contributed by atoms with Gasteiger partial charge in [-0.3, -0.25) is 0 Å². The molecule has 2 aromatic rings. The molecule has 0 amide bonds. The molecule has 0 aliphatic carbocycles. The Kier molecular flexibility index (Phi) is 5.51. The third kappa shape index (κ3) is 3.92. The second kappa shape index (κ2) is 6.53. The highest BCUT2D eigenvalue weighted by Gasteiger charge is 2.37. The molecule has 0 aliphatic heterocycles. The van der Waals surface area contributed by atoms with Crippen molar-refractivity contribution in [3.63, 3.8) is 0 Å². The van der Waals surface area contributed by atoms with Crippen LogP contribution in [0.3, 0.4) is 0 Å². The third-order valence-electron chi connectivity index (χ3n) is 3.21. The average molecular weight is 336 g/mol. The van der Waals surface area contributed by atoms with Gasteiger partial charge in [0, 0.05) is 0 Å². The summed E-state index contributed by atoms with van der Waals surface area (Å²) < 4.78 is 0.695. The van der Waals surface area contributed by atoms with Crippen molar-refractivity contribution in [3.05, 3.63) is 71.8 Å². The Labute approximate surface area is 132 Å². The molecule has 0 radical (unpaired) electrons. The van der Waals surface area contributed by atoms with Crippen molar-refractivity contribution in [2.45, 2.75) is 5.60 Å². The van der Waals surface area contributed by atoms with E-state index in [4.69, 9.17) is 0 Å². The summed E-state index contributed by atoms with van der Waals surface area (Å²) in [6.45, 7) is 0.626. The normalized spacial score (nSPS) is 11.8. The molecule has 0 saturated heterocycles. The minimum Gasteiger partial charge on any atom is -1.00 e. The van der Waals surface area contributed by atoms with E-state index in [-0.39, 0.29) is 17.0 Å². The van der Waals surface area contributed by atoms with Gasteiger partial charge in [0.25, 0.3) is 0 Å². The van der Waals surface area contributed by atoms with Crippen LogP contribution in [0.15, 0.2) is 60.7 Å². The molecule has 2 aromatic carbocycles. The summed E-state index contributed by atoms with van der Waals surface area (Å²) >= 11 is 0. The fraction of sp³-hybridized carbons (Fsp3) is 0.294. The quantitative estimate of drug-likeness (QED) is 0.756. The van der Waals surface area contributed by atoms with E-state index in [9.17, 15) is 5.11 Å². The number of quaternary nitrogens is 1. The summed E-state index contributed by atoms with van der Waals surface area (Å²) in [5.74, 6) is 0. The summed E-state index contributed by atoms with van der Waals surface area (Å²) in [6, 6.07) is 19.8. The summed E-state index contributed by atoms with van der Waals surface area (Å²) in [6.07, 6.45) is 0. The number of nitrogens with zero attached hydrogens (tertiary/aromatic N) is 1. The van der Waals surface area contributed by atoms with Crippen LogP contribution in [-0.2, 0) is 5.60 Å². The standard InChI is InChI=1S/C17H22NO.BrH/c1-18(2,3)14-17(19,15-10-6-4-7-11-15)16-12-8-5-9-13-16;/h4-13,19H,14H2,1-3H3;1H/q+1;/p-1. The van der Waals surface area contributed by atoms with Gasteiger partial charge in [0.15, 0.2) is 5.60 Å². The van der Waals surface area contributed by atoms with Crippen molar-refractivity contribution in [1.82, 2.24) is 0 Å². The average Bonchev–Trinajstić information content (AvgIpc) is 2.39. The molecule has 0 bridgehead atoms. The lowest BCUT2D eigenvalue weighted by Crippen LogP contribution is -3.00. The molecule has 0 unspecified atom stereocenters. The molecule has 108 valence electrons. The van der Waals surface area contributed by atoms with Crippen molar-refractivity contribution in [2.24, 2.45) is 0 Å².